The van der Waals surface area contributed by atoms with Crippen molar-refractivity contribution < 1.29 is 19.3 Å². The zero-order valence-electron chi connectivity index (χ0n) is 16.6. The molecule has 0 amide bonds. The molecule has 0 radical (unpaired) electrons. The van der Waals surface area contributed by atoms with E-state index in [0.717, 1.165) is 12.2 Å². The van der Waals surface area contributed by atoms with Gasteiger partial charge in [-0.15, -0.1) is 0 Å². The maximum atomic E-state index is 8.57. The highest BCUT2D eigenvalue weighted by Crippen LogP contribution is 2.15. The van der Waals surface area contributed by atoms with Crippen molar-refractivity contribution in [2.45, 2.75) is 64.7 Å². The number of aryl methyl sites for hydroxylation is 1. The highest BCUT2D eigenvalue weighted by molar-refractivity contribution is 5.27. The lowest BCUT2D eigenvalue weighted by Crippen LogP contribution is -2.11. The molecule has 0 spiro atoms. The van der Waals surface area contributed by atoms with Gasteiger partial charge in [-0.3, -0.25) is 0 Å². The number of rotatable bonds is 18. The summed E-state index contributed by atoms with van der Waals surface area (Å²) in [5, 5.41) is 8.57. The van der Waals surface area contributed by atoms with Gasteiger partial charge < -0.3 is 19.3 Å². The van der Waals surface area contributed by atoms with Gasteiger partial charge in [-0.25, -0.2) is 0 Å². The molecule has 0 bridgehead atoms. The van der Waals surface area contributed by atoms with Gasteiger partial charge in [-0.2, -0.15) is 0 Å². The number of aliphatic hydroxyl groups is 1. The fourth-order valence-electron chi connectivity index (χ4n) is 2.82. The first-order valence-electron chi connectivity index (χ1n) is 10.3. The second-order valence-corrected chi connectivity index (χ2v) is 6.67. The molecule has 0 aliphatic carbocycles. The molecule has 0 saturated heterocycles. The summed E-state index contributed by atoms with van der Waals surface area (Å²) in [4.78, 5) is 0. The number of hydrogen-bond acceptors (Lipinski definition) is 4. The van der Waals surface area contributed by atoms with E-state index in [1.807, 2.05) is 12.1 Å². The van der Waals surface area contributed by atoms with E-state index in [2.05, 4.69) is 19.1 Å². The van der Waals surface area contributed by atoms with Crippen LogP contribution in [0.15, 0.2) is 24.3 Å². The fourth-order valence-corrected chi connectivity index (χ4v) is 2.82. The summed E-state index contributed by atoms with van der Waals surface area (Å²) in [5.41, 5.74) is 1.39. The van der Waals surface area contributed by atoms with Crippen LogP contribution in [0.5, 0.6) is 5.75 Å². The lowest BCUT2D eigenvalue weighted by Gasteiger charge is -2.08. The molecule has 0 aromatic heterocycles. The van der Waals surface area contributed by atoms with E-state index >= 15 is 0 Å². The Morgan fingerprint density at radius 3 is 1.92 bits per heavy atom. The number of unbranched alkanes of at least 4 members (excludes halogenated alkanes) is 7. The van der Waals surface area contributed by atoms with Gasteiger partial charge in [-0.1, -0.05) is 64.0 Å². The Morgan fingerprint density at radius 2 is 1.27 bits per heavy atom. The van der Waals surface area contributed by atoms with Crippen LogP contribution < -0.4 is 4.74 Å². The molecule has 0 unspecified atom stereocenters. The standard InChI is InChI=1S/C22H38O4/c1-2-3-4-5-6-7-8-9-10-21-11-13-22(14-12-21)26-20-19-25-18-17-24-16-15-23/h11-14,23H,2-10,15-20H2,1H3. The van der Waals surface area contributed by atoms with Crippen molar-refractivity contribution in [2.75, 3.05) is 39.6 Å². The molecule has 26 heavy (non-hydrogen) atoms. The Morgan fingerprint density at radius 1 is 0.692 bits per heavy atom. The van der Waals surface area contributed by atoms with Crippen molar-refractivity contribution in [3.8, 4) is 5.75 Å². The van der Waals surface area contributed by atoms with Crippen LogP contribution in [0.3, 0.4) is 0 Å². The van der Waals surface area contributed by atoms with Gasteiger partial charge in [0, 0.05) is 0 Å². The fraction of sp³-hybridized carbons (Fsp3) is 0.727. The third-order valence-corrected chi connectivity index (χ3v) is 4.35. The van der Waals surface area contributed by atoms with E-state index in [1.54, 1.807) is 0 Å². The molecule has 1 aromatic carbocycles. The highest BCUT2D eigenvalue weighted by Gasteiger charge is 1.98. The summed E-state index contributed by atoms with van der Waals surface area (Å²) in [6.45, 7) is 4.81. The Bertz CT molecular complexity index is 366. The van der Waals surface area contributed by atoms with Crippen LogP contribution in [0.1, 0.15) is 63.9 Å². The predicted molar refractivity (Wildman–Crippen MR) is 107 cm³/mol. The molecule has 4 heteroatoms. The van der Waals surface area contributed by atoms with Gasteiger partial charge >= 0.3 is 0 Å². The lowest BCUT2D eigenvalue weighted by atomic mass is 10.0. The van der Waals surface area contributed by atoms with E-state index < -0.39 is 0 Å². The Hall–Kier alpha value is -1.10. The van der Waals surface area contributed by atoms with Crippen LogP contribution in [0, 0.1) is 0 Å². The lowest BCUT2D eigenvalue weighted by molar-refractivity contribution is 0.0247. The second kappa shape index (κ2) is 17.3. The van der Waals surface area contributed by atoms with Crippen molar-refractivity contribution in [3.63, 3.8) is 0 Å². The summed E-state index contributed by atoms with van der Waals surface area (Å²) >= 11 is 0. The average Bonchev–Trinajstić information content (AvgIpc) is 2.67. The summed E-state index contributed by atoms with van der Waals surface area (Å²) in [7, 11) is 0. The quantitative estimate of drug-likeness (QED) is 0.380. The van der Waals surface area contributed by atoms with Gasteiger partial charge in [0.2, 0.25) is 0 Å². The van der Waals surface area contributed by atoms with Gasteiger partial charge in [0.1, 0.15) is 12.4 Å². The summed E-state index contributed by atoms with van der Waals surface area (Å²) in [5.74, 6) is 0.893. The molecule has 4 nitrogen and oxygen atoms in total. The van der Waals surface area contributed by atoms with Crippen molar-refractivity contribution in [3.05, 3.63) is 29.8 Å². The van der Waals surface area contributed by atoms with E-state index in [9.17, 15) is 0 Å². The van der Waals surface area contributed by atoms with Crippen LogP contribution >= 0.6 is 0 Å². The van der Waals surface area contributed by atoms with Crippen molar-refractivity contribution in [2.24, 2.45) is 0 Å². The first-order chi connectivity index (χ1) is 12.9. The molecule has 1 aromatic rings. The molecular formula is C22H38O4. The Balaban J connectivity index is 1.98. The second-order valence-electron chi connectivity index (χ2n) is 6.67. The van der Waals surface area contributed by atoms with Crippen molar-refractivity contribution in [1.82, 2.24) is 0 Å². The Kier molecular flexibility index (Phi) is 15.3. The molecule has 150 valence electrons. The Labute approximate surface area is 159 Å². The van der Waals surface area contributed by atoms with Crippen LogP contribution in [0.2, 0.25) is 0 Å². The van der Waals surface area contributed by atoms with E-state index in [4.69, 9.17) is 19.3 Å². The minimum absolute atomic E-state index is 0.0537. The SMILES string of the molecule is CCCCCCCCCCc1ccc(OCCOCCOCCO)cc1. The molecule has 0 aliphatic rings. The maximum absolute atomic E-state index is 8.57. The molecule has 0 aliphatic heterocycles. The zero-order valence-corrected chi connectivity index (χ0v) is 16.6. The van der Waals surface area contributed by atoms with E-state index in [1.165, 1.54) is 56.9 Å². The summed E-state index contributed by atoms with van der Waals surface area (Å²) in [6, 6.07) is 8.43. The predicted octanol–water partition coefficient (Wildman–Crippen LogP) is 4.77. The smallest absolute Gasteiger partial charge is 0.119 e. The normalized spacial score (nSPS) is 11.0. The topological polar surface area (TPSA) is 47.9 Å². The number of aliphatic hydroxyl groups excluding tert-OH is 1. The van der Waals surface area contributed by atoms with Crippen LogP contribution in [0.4, 0.5) is 0 Å². The van der Waals surface area contributed by atoms with Gasteiger partial charge in [0.15, 0.2) is 0 Å². The largest absolute Gasteiger partial charge is 0.491 e. The molecule has 0 fully saturated rings. The summed E-state index contributed by atoms with van der Waals surface area (Å²) < 4.78 is 16.2. The molecule has 0 saturated carbocycles. The van der Waals surface area contributed by atoms with Gasteiger partial charge in [0.25, 0.3) is 0 Å². The monoisotopic (exact) mass is 366 g/mol. The molecule has 1 N–H and O–H groups in total. The van der Waals surface area contributed by atoms with Crippen molar-refractivity contribution in [1.29, 1.82) is 0 Å². The molecule has 0 atom stereocenters. The molecular weight excluding hydrogens is 328 g/mol. The molecule has 1 rings (SSSR count). The minimum atomic E-state index is 0.0537. The van der Waals surface area contributed by atoms with Crippen LogP contribution in [-0.4, -0.2) is 44.7 Å². The van der Waals surface area contributed by atoms with Crippen molar-refractivity contribution >= 4 is 0 Å². The van der Waals surface area contributed by atoms with E-state index in [-0.39, 0.29) is 6.61 Å². The maximum Gasteiger partial charge on any atom is 0.119 e. The minimum Gasteiger partial charge on any atom is -0.491 e. The van der Waals surface area contributed by atoms with E-state index in [0.29, 0.717) is 33.0 Å². The van der Waals surface area contributed by atoms with Crippen LogP contribution in [-0.2, 0) is 15.9 Å². The zero-order chi connectivity index (χ0) is 18.7. The van der Waals surface area contributed by atoms with Gasteiger partial charge in [-0.05, 0) is 30.5 Å². The first-order valence-corrected chi connectivity index (χ1v) is 10.3. The van der Waals surface area contributed by atoms with Gasteiger partial charge in [0.05, 0.1) is 33.0 Å². The summed E-state index contributed by atoms with van der Waals surface area (Å²) in [6.07, 6.45) is 12.1. The third kappa shape index (κ3) is 13.2. The van der Waals surface area contributed by atoms with Crippen LogP contribution in [0.25, 0.3) is 0 Å². The average molecular weight is 367 g/mol. The first kappa shape index (κ1) is 22.9. The number of benzene rings is 1. The number of ether oxygens (including phenoxy) is 3. The third-order valence-electron chi connectivity index (χ3n) is 4.35. The highest BCUT2D eigenvalue weighted by atomic mass is 16.5. The molecule has 0 heterocycles. The number of hydrogen-bond donors (Lipinski definition) is 1.